The molecule has 22 heavy (non-hydrogen) atoms. The minimum absolute atomic E-state index is 0.151. The van der Waals surface area contributed by atoms with Crippen LogP contribution in [-0.2, 0) is 9.53 Å². The number of morpholine rings is 1. The smallest absolute Gasteiger partial charge is 0.228 e. The summed E-state index contributed by atoms with van der Waals surface area (Å²) in [5.41, 5.74) is -0.129. The first-order chi connectivity index (χ1) is 10.2. The third kappa shape index (κ3) is 2.68. The number of carbonyl (C=O) groups is 1. The molecule has 3 heterocycles. The summed E-state index contributed by atoms with van der Waals surface area (Å²) in [5.74, 6) is 0.282. The van der Waals surface area contributed by atoms with Crippen molar-refractivity contribution in [1.82, 2.24) is 14.7 Å². The van der Waals surface area contributed by atoms with Gasteiger partial charge in [0.1, 0.15) is 0 Å². The Hall–Kier alpha value is -0.650. The van der Waals surface area contributed by atoms with E-state index in [1.54, 1.807) is 0 Å². The topological polar surface area (TPSA) is 36.0 Å². The number of piperazine rings is 1. The lowest BCUT2D eigenvalue weighted by molar-refractivity contribution is -0.184. The molecule has 3 aliphatic heterocycles. The van der Waals surface area contributed by atoms with Gasteiger partial charge in [-0.1, -0.05) is 20.8 Å². The number of carbonyl (C=O) groups excluding carboxylic acids is 1. The van der Waals surface area contributed by atoms with Gasteiger partial charge in [0.05, 0.1) is 18.8 Å². The van der Waals surface area contributed by atoms with E-state index in [9.17, 15) is 4.79 Å². The largest absolute Gasteiger partial charge is 0.378 e. The number of ether oxygens (including phenoxy) is 1. The zero-order valence-electron chi connectivity index (χ0n) is 14.8. The molecule has 1 spiro atoms. The van der Waals surface area contributed by atoms with Gasteiger partial charge in [-0.15, -0.1) is 0 Å². The molecule has 3 aliphatic rings. The van der Waals surface area contributed by atoms with Crippen molar-refractivity contribution in [3.05, 3.63) is 0 Å². The van der Waals surface area contributed by atoms with E-state index in [1.165, 1.54) is 0 Å². The summed E-state index contributed by atoms with van der Waals surface area (Å²) in [5, 5.41) is 0. The van der Waals surface area contributed by atoms with Gasteiger partial charge in [-0.25, -0.2) is 0 Å². The molecular weight excluding hydrogens is 278 g/mol. The van der Waals surface area contributed by atoms with E-state index in [4.69, 9.17) is 4.74 Å². The first kappa shape index (κ1) is 16.2. The Morgan fingerprint density at radius 2 is 1.91 bits per heavy atom. The summed E-state index contributed by atoms with van der Waals surface area (Å²) in [7, 11) is 0. The molecule has 126 valence electrons. The summed E-state index contributed by atoms with van der Waals surface area (Å²) >= 11 is 0. The lowest BCUT2D eigenvalue weighted by Gasteiger charge is -2.64. The van der Waals surface area contributed by atoms with Crippen LogP contribution in [0.3, 0.4) is 0 Å². The molecule has 0 unspecified atom stereocenters. The first-order valence-corrected chi connectivity index (χ1v) is 8.61. The summed E-state index contributed by atoms with van der Waals surface area (Å²) in [6.07, 6.45) is 0. The molecule has 0 aromatic rings. The number of amides is 1. The highest BCUT2D eigenvalue weighted by Gasteiger charge is 2.56. The van der Waals surface area contributed by atoms with Crippen LogP contribution >= 0.6 is 0 Å². The third-order valence-electron chi connectivity index (χ3n) is 5.41. The lowest BCUT2D eigenvalue weighted by atomic mass is 9.80. The van der Waals surface area contributed by atoms with Gasteiger partial charge in [-0.2, -0.15) is 0 Å². The molecule has 0 aromatic heterocycles. The van der Waals surface area contributed by atoms with Crippen molar-refractivity contribution in [2.75, 3.05) is 45.9 Å². The van der Waals surface area contributed by atoms with Gasteiger partial charge in [0, 0.05) is 50.2 Å². The molecule has 0 aromatic carbocycles. The lowest BCUT2D eigenvalue weighted by Crippen LogP contribution is -2.81. The average Bonchev–Trinajstić information content (AvgIpc) is 2.41. The Labute approximate surface area is 134 Å². The van der Waals surface area contributed by atoms with Crippen LogP contribution in [0.25, 0.3) is 0 Å². The van der Waals surface area contributed by atoms with Crippen molar-refractivity contribution in [2.45, 2.75) is 52.2 Å². The van der Waals surface area contributed by atoms with Crippen molar-refractivity contribution in [3.63, 3.8) is 0 Å². The fourth-order valence-electron chi connectivity index (χ4n) is 4.19. The van der Waals surface area contributed by atoms with Gasteiger partial charge in [0.15, 0.2) is 0 Å². The molecule has 3 rings (SSSR count). The highest BCUT2D eigenvalue weighted by atomic mass is 16.5. The summed E-state index contributed by atoms with van der Waals surface area (Å²) in [6, 6.07) is 1.03. The third-order valence-corrected chi connectivity index (χ3v) is 5.41. The maximum Gasteiger partial charge on any atom is 0.228 e. The first-order valence-electron chi connectivity index (χ1n) is 8.61. The predicted molar refractivity (Wildman–Crippen MR) is 86.8 cm³/mol. The summed E-state index contributed by atoms with van der Waals surface area (Å²) < 4.78 is 5.71. The van der Waals surface area contributed by atoms with Crippen molar-refractivity contribution in [2.24, 2.45) is 5.41 Å². The van der Waals surface area contributed by atoms with E-state index >= 15 is 0 Å². The second-order valence-corrected chi connectivity index (χ2v) is 8.58. The Bertz CT molecular complexity index is 438. The zero-order chi connectivity index (χ0) is 16.1. The quantitative estimate of drug-likeness (QED) is 0.725. The molecule has 3 fully saturated rings. The second kappa shape index (κ2) is 5.46. The highest BCUT2D eigenvalue weighted by molar-refractivity contribution is 5.82. The maximum atomic E-state index is 12.5. The molecular formula is C17H31N3O2. The number of nitrogens with zero attached hydrogens (tertiary/aromatic N) is 3. The predicted octanol–water partition coefficient (Wildman–Crippen LogP) is 1.04. The monoisotopic (exact) mass is 309 g/mol. The molecule has 5 heteroatoms. The number of likely N-dealkylation sites (tertiary alicyclic amines) is 1. The van der Waals surface area contributed by atoms with Gasteiger partial charge < -0.3 is 9.64 Å². The van der Waals surface area contributed by atoms with E-state index in [-0.39, 0.29) is 16.9 Å². The highest BCUT2D eigenvalue weighted by Crippen LogP contribution is 2.38. The van der Waals surface area contributed by atoms with Gasteiger partial charge in [0.2, 0.25) is 5.91 Å². The Morgan fingerprint density at radius 1 is 1.23 bits per heavy atom. The van der Waals surface area contributed by atoms with Gasteiger partial charge >= 0.3 is 0 Å². The molecule has 1 atom stereocenters. The Kier molecular flexibility index (Phi) is 4.03. The van der Waals surface area contributed by atoms with Gasteiger partial charge in [-0.3, -0.25) is 14.6 Å². The number of hydrogen-bond donors (Lipinski definition) is 0. The normalized spacial score (nSPS) is 29.5. The van der Waals surface area contributed by atoms with Crippen LogP contribution < -0.4 is 0 Å². The molecule has 1 amide bonds. The van der Waals surface area contributed by atoms with E-state index in [1.807, 2.05) is 20.8 Å². The maximum absolute atomic E-state index is 12.5. The van der Waals surface area contributed by atoms with E-state index < -0.39 is 0 Å². The molecule has 0 saturated carbocycles. The van der Waals surface area contributed by atoms with Crippen LogP contribution in [0.4, 0.5) is 0 Å². The van der Waals surface area contributed by atoms with Crippen molar-refractivity contribution in [3.8, 4) is 0 Å². The standard InChI is InChI=1S/C17H31N3O2/c1-13(2)18-8-14-9-22-7-6-20(14)17(10-18)11-19(12-17)15(21)16(3,4)5/h13-14H,6-12H2,1-5H3/t14-/m1/s1. The molecule has 0 N–H and O–H groups in total. The van der Waals surface area contributed by atoms with Crippen LogP contribution in [0.2, 0.25) is 0 Å². The number of hydrogen-bond acceptors (Lipinski definition) is 4. The number of rotatable bonds is 1. The van der Waals surface area contributed by atoms with Crippen LogP contribution in [0.5, 0.6) is 0 Å². The van der Waals surface area contributed by atoms with Crippen LogP contribution in [-0.4, -0.2) is 84.2 Å². The zero-order valence-corrected chi connectivity index (χ0v) is 14.8. The Balaban J connectivity index is 1.75. The van der Waals surface area contributed by atoms with E-state index in [0.29, 0.717) is 12.1 Å². The van der Waals surface area contributed by atoms with Gasteiger partial charge in [0.25, 0.3) is 0 Å². The van der Waals surface area contributed by atoms with Crippen LogP contribution in [0.15, 0.2) is 0 Å². The van der Waals surface area contributed by atoms with E-state index in [0.717, 1.165) is 45.9 Å². The SMILES string of the molecule is CC(C)N1C[C@@H]2COCCN2C2(CN(C(=O)C(C)(C)C)C2)C1. The van der Waals surface area contributed by atoms with Crippen molar-refractivity contribution < 1.29 is 9.53 Å². The van der Waals surface area contributed by atoms with Crippen molar-refractivity contribution >= 4 is 5.91 Å². The molecule has 3 saturated heterocycles. The average molecular weight is 309 g/mol. The number of fused-ring (bicyclic) bond motifs is 2. The summed E-state index contributed by atoms with van der Waals surface area (Å²) in [4.78, 5) is 19.8. The van der Waals surface area contributed by atoms with Crippen LogP contribution in [0, 0.1) is 5.41 Å². The van der Waals surface area contributed by atoms with Crippen LogP contribution in [0.1, 0.15) is 34.6 Å². The Morgan fingerprint density at radius 3 is 2.50 bits per heavy atom. The minimum Gasteiger partial charge on any atom is -0.378 e. The molecule has 0 aliphatic carbocycles. The van der Waals surface area contributed by atoms with E-state index in [2.05, 4.69) is 28.5 Å². The van der Waals surface area contributed by atoms with Gasteiger partial charge in [-0.05, 0) is 13.8 Å². The fourth-order valence-corrected chi connectivity index (χ4v) is 4.19. The fraction of sp³-hybridized carbons (Fsp3) is 0.941. The molecule has 0 bridgehead atoms. The second-order valence-electron chi connectivity index (χ2n) is 8.58. The summed E-state index contributed by atoms with van der Waals surface area (Å²) in [6.45, 7) is 17.2. The molecule has 5 nitrogen and oxygen atoms in total. The molecule has 0 radical (unpaired) electrons. The minimum atomic E-state index is -0.279. The van der Waals surface area contributed by atoms with Crippen molar-refractivity contribution in [1.29, 1.82) is 0 Å².